The molecule has 0 aliphatic carbocycles. The number of halogens is 1. The summed E-state index contributed by atoms with van der Waals surface area (Å²) >= 11 is 5.97. The molecule has 6 nitrogen and oxygen atoms in total. The van der Waals surface area contributed by atoms with E-state index in [1.165, 1.54) is 22.5 Å². The molecule has 8 heteroatoms. The molecule has 0 amide bonds. The average Bonchev–Trinajstić information content (AvgIpc) is 2.63. The van der Waals surface area contributed by atoms with Crippen molar-refractivity contribution in [1.82, 2.24) is 14.2 Å². The molecule has 0 saturated carbocycles. The maximum absolute atomic E-state index is 12.8. The van der Waals surface area contributed by atoms with Crippen LogP contribution in [0.2, 0.25) is 5.02 Å². The molecule has 2 heterocycles. The minimum Gasteiger partial charge on any atom is -0.296 e. The summed E-state index contributed by atoms with van der Waals surface area (Å²) < 4.78 is 27.0. The van der Waals surface area contributed by atoms with E-state index in [1.54, 1.807) is 12.4 Å². The number of nitrogens with zero attached hydrogens (tertiary/aromatic N) is 4. The monoisotopic (exact) mass is 376 g/mol. The van der Waals surface area contributed by atoms with Gasteiger partial charge in [-0.3, -0.25) is 9.88 Å². The second-order valence-corrected chi connectivity index (χ2v) is 8.13. The number of hydrogen-bond donors (Lipinski definition) is 0. The highest BCUT2D eigenvalue weighted by molar-refractivity contribution is 7.89. The molecule has 25 heavy (non-hydrogen) atoms. The van der Waals surface area contributed by atoms with Crippen molar-refractivity contribution in [2.24, 2.45) is 0 Å². The number of nitriles is 1. The van der Waals surface area contributed by atoms with Gasteiger partial charge in [-0.2, -0.15) is 9.57 Å². The Hall–Kier alpha value is -1.98. The Morgan fingerprint density at radius 1 is 1.12 bits per heavy atom. The molecule has 0 radical (unpaired) electrons. The SMILES string of the molecule is N#Cc1ccc(S(=O)(=O)N2CCN(Cc3ccncc3)CC2)cc1Cl. The summed E-state index contributed by atoms with van der Waals surface area (Å²) in [6.07, 6.45) is 3.51. The Labute approximate surface area is 152 Å². The molecule has 1 fully saturated rings. The molecule has 1 aliphatic heterocycles. The molecule has 1 saturated heterocycles. The first-order valence-electron chi connectivity index (χ1n) is 7.82. The zero-order valence-corrected chi connectivity index (χ0v) is 15.0. The quantitative estimate of drug-likeness (QED) is 0.816. The van der Waals surface area contributed by atoms with E-state index in [2.05, 4.69) is 9.88 Å². The number of pyridine rings is 1. The van der Waals surface area contributed by atoms with E-state index in [9.17, 15) is 8.42 Å². The Morgan fingerprint density at radius 2 is 1.80 bits per heavy atom. The molecule has 0 N–H and O–H groups in total. The third-order valence-electron chi connectivity index (χ3n) is 4.19. The number of benzene rings is 1. The first kappa shape index (κ1) is 17.8. The van der Waals surface area contributed by atoms with Crippen LogP contribution in [0.25, 0.3) is 0 Å². The third-order valence-corrected chi connectivity index (χ3v) is 6.39. The molecule has 130 valence electrons. The van der Waals surface area contributed by atoms with Crippen LogP contribution in [0.15, 0.2) is 47.6 Å². The Morgan fingerprint density at radius 3 is 2.40 bits per heavy atom. The number of hydrogen-bond acceptors (Lipinski definition) is 5. The van der Waals surface area contributed by atoms with Crippen LogP contribution < -0.4 is 0 Å². The van der Waals surface area contributed by atoms with Crippen LogP contribution in [0.5, 0.6) is 0 Å². The summed E-state index contributed by atoms with van der Waals surface area (Å²) in [7, 11) is -3.60. The van der Waals surface area contributed by atoms with Gasteiger partial charge in [-0.25, -0.2) is 8.42 Å². The van der Waals surface area contributed by atoms with Crippen molar-refractivity contribution >= 4 is 21.6 Å². The summed E-state index contributed by atoms with van der Waals surface area (Å²) in [5.41, 5.74) is 1.42. The van der Waals surface area contributed by atoms with Gasteiger partial charge in [0.1, 0.15) is 6.07 Å². The second-order valence-electron chi connectivity index (χ2n) is 5.79. The standard InChI is InChI=1S/C17H17ClN4O2S/c18-17-11-16(2-1-15(17)12-19)25(23,24)22-9-7-21(8-10-22)13-14-3-5-20-6-4-14/h1-6,11H,7-10,13H2. The third kappa shape index (κ3) is 3.99. The average molecular weight is 377 g/mol. The maximum atomic E-state index is 12.8. The number of aromatic nitrogens is 1. The molecule has 0 spiro atoms. The summed E-state index contributed by atoms with van der Waals surface area (Å²) in [6.45, 7) is 2.94. The highest BCUT2D eigenvalue weighted by Gasteiger charge is 2.28. The Balaban J connectivity index is 1.67. The van der Waals surface area contributed by atoms with Gasteiger partial charge in [0.05, 0.1) is 15.5 Å². The molecule has 0 atom stereocenters. The van der Waals surface area contributed by atoms with Crippen LogP contribution in [-0.4, -0.2) is 48.8 Å². The van der Waals surface area contributed by atoms with E-state index < -0.39 is 10.0 Å². The van der Waals surface area contributed by atoms with Crippen molar-refractivity contribution in [2.75, 3.05) is 26.2 Å². The van der Waals surface area contributed by atoms with E-state index in [0.29, 0.717) is 26.2 Å². The van der Waals surface area contributed by atoms with E-state index in [1.807, 2.05) is 18.2 Å². The fourth-order valence-electron chi connectivity index (χ4n) is 2.77. The summed E-state index contributed by atoms with van der Waals surface area (Å²) in [4.78, 5) is 6.34. The lowest BCUT2D eigenvalue weighted by molar-refractivity contribution is 0.181. The minimum absolute atomic E-state index is 0.124. The van der Waals surface area contributed by atoms with Gasteiger partial charge < -0.3 is 0 Å². The molecular weight excluding hydrogens is 360 g/mol. The fourth-order valence-corrected chi connectivity index (χ4v) is 4.51. The molecule has 3 rings (SSSR count). The maximum Gasteiger partial charge on any atom is 0.243 e. The van der Waals surface area contributed by atoms with Crippen molar-refractivity contribution in [3.8, 4) is 6.07 Å². The molecular formula is C17H17ClN4O2S. The number of rotatable bonds is 4. The smallest absolute Gasteiger partial charge is 0.243 e. The topological polar surface area (TPSA) is 77.3 Å². The highest BCUT2D eigenvalue weighted by Crippen LogP contribution is 2.24. The first-order chi connectivity index (χ1) is 12.0. The minimum atomic E-state index is -3.60. The van der Waals surface area contributed by atoms with Crippen LogP contribution >= 0.6 is 11.6 Å². The van der Waals surface area contributed by atoms with Crippen LogP contribution in [0.4, 0.5) is 0 Å². The van der Waals surface area contributed by atoms with Crippen molar-refractivity contribution < 1.29 is 8.42 Å². The zero-order valence-electron chi connectivity index (χ0n) is 13.5. The second kappa shape index (κ2) is 7.50. The van der Waals surface area contributed by atoms with Crippen LogP contribution in [0.1, 0.15) is 11.1 Å². The van der Waals surface area contributed by atoms with Gasteiger partial charge in [-0.1, -0.05) is 11.6 Å². The van der Waals surface area contributed by atoms with Crippen molar-refractivity contribution in [1.29, 1.82) is 5.26 Å². The molecule has 2 aromatic rings. The first-order valence-corrected chi connectivity index (χ1v) is 9.63. The van der Waals surface area contributed by atoms with Gasteiger partial charge in [-0.05, 0) is 35.9 Å². The van der Waals surface area contributed by atoms with Crippen LogP contribution in [0.3, 0.4) is 0 Å². The number of piperazine rings is 1. The van der Waals surface area contributed by atoms with E-state index in [-0.39, 0.29) is 15.5 Å². The van der Waals surface area contributed by atoms with Crippen LogP contribution in [-0.2, 0) is 16.6 Å². The zero-order chi connectivity index (χ0) is 17.9. The lowest BCUT2D eigenvalue weighted by atomic mass is 10.2. The lowest BCUT2D eigenvalue weighted by Gasteiger charge is -2.34. The van der Waals surface area contributed by atoms with Gasteiger partial charge in [0.15, 0.2) is 0 Å². The summed E-state index contributed by atoms with van der Waals surface area (Å²) in [5, 5.41) is 9.06. The highest BCUT2D eigenvalue weighted by atomic mass is 35.5. The predicted molar refractivity (Wildman–Crippen MR) is 94.4 cm³/mol. The normalized spacial score (nSPS) is 16.5. The van der Waals surface area contributed by atoms with Crippen molar-refractivity contribution in [2.45, 2.75) is 11.4 Å². The summed E-state index contributed by atoms with van der Waals surface area (Å²) in [6, 6.07) is 10.1. The van der Waals surface area contributed by atoms with Crippen molar-refractivity contribution in [3.05, 3.63) is 58.9 Å². The largest absolute Gasteiger partial charge is 0.296 e. The van der Waals surface area contributed by atoms with Gasteiger partial charge in [0.2, 0.25) is 10.0 Å². The predicted octanol–water partition coefficient (Wildman–Crippen LogP) is 2.11. The van der Waals surface area contributed by atoms with Gasteiger partial charge in [0.25, 0.3) is 0 Å². The number of sulfonamides is 1. The van der Waals surface area contributed by atoms with Crippen LogP contribution in [0, 0.1) is 11.3 Å². The van der Waals surface area contributed by atoms with Gasteiger partial charge in [0, 0.05) is 45.1 Å². The van der Waals surface area contributed by atoms with E-state index in [0.717, 1.165) is 12.1 Å². The van der Waals surface area contributed by atoms with E-state index >= 15 is 0 Å². The summed E-state index contributed by atoms with van der Waals surface area (Å²) in [5.74, 6) is 0. The Bertz CT molecular complexity index is 889. The molecule has 1 aliphatic rings. The van der Waals surface area contributed by atoms with Gasteiger partial charge in [-0.15, -0.1) is 0 Å². The lowest BCUT2D eigenvalue weighted by Crippen LogP contribution is -2.48. The van der Waals surface area contributed by atoms with E-state index in [4.69, 9.17) is 16.9 Å². The van der Waals surface area contributed by atoms with Gasteiger partial charge >= 0.3 is 0 Å². The fraction of sp³-hybridized carbons (Fsp3) is 0.294. The molecule has 1 aromatic carbocycles. The van der Waals surface area contributed by atoms with Crippen molar-refractivity contribution in [3.63, 3.8) is 0 Å². The molecule has 0 unspecified atom stereocenters. The molecule has 0 bridgehead atoms. The Kier molecular flexibility index (Phi) is 5.35. The molecule has 1 aromatic heterocycles.